The molecule has 0 spiro atoms. The van der Waals surface area contributed by atoms with E-state index in [-0.39, 0.29) is 17.5 Å². The molecular formula is C11H14N2O5S. The van der Waals surface area contributed by atoms with Gasteiger partial charge < -0.3 is 5.11 Å². The summed E-state index contributed by atoms with van der Waals surface area (Å²) in [5.74, 6) is 0. The normalized spacial score (nSPS) is 10.9. The lowest BCUT2D eigenvalue weighted by Gasteiger charge is -2.19. The average molecular weight is 286 g/mol. The summed E-state index contributed by atoms with van der Waals surface area (Å²) in [6, 6.07) is 8.36. The van der Waals surface area contributed by atoms with Crippen molar-refractivity contribution in [1.82, 2.24) is 9.19 Å². The van der Waals surface area contributed by atoms with Gasteiger partial charge in [0.15, 0.2) is 0 Å². The van der Waals surface area contributed by atoms with Crippen LogP contribution in [0.4, 0.5) is 4.79 Å². The second kappa shape index (κ2) is 6.88. The highest BCUT2D eigenvalue weighted by Gasteiger charge is 2.27. The van der Waals surface area contributed by atoms with E-state index in [2.05, 4.69) is 11.4 Å². The van der Waals surface area contributed by atoms with Crippen molar-refractivity contribution in [1.29, 1.82) is 0 Å². The number of amides is 1. The van der Waals surface area contributed by atoms with Crippen molar-refractivity contribution < 1.29 is 23.2 Å². The molecule has 0 saturated heterocycles. The molecule has 19 heavy (non-hydrogen) atoms. The highest BCUT2D eigenvalue weighted by Crippen LogP contribution is 2.08. The van der Waals surface area contributed by atoms with Gasteiger partial charge >= 0.3 is 16.3 Å². The molecule has 7 nitrogen and oxygen atoms in total. The van der Waals surface area contributed by atoms with E-state index in [0.29, 0.717) is 5.56 Å². The van der Waals surface area contributed by atoms with Crippen molar-refractivity contribution in [3.05, 3.63) is 48.6 Å². The van der Waals surface area contributed by atoms with E-state index < -0.39 is 16.3 Å². The largest absolute Gasteiger partial charge is 0.464 e. The molecule has 0 aliphatic heterocycles. The van der Waals surface area contributed by atoms with E-state index >= 15 is 0 Å². The van der Waals surface area contributed by atoms with Crippen LogP contribution in [0.2, 0.25) is 0 Å². The summed E-state index contributed by atoms with van der Waals surface area (Å²) in [6.07, 6.45) is -0.274. The standard InChI is InChI=1S/C11H14N2O5S/c1-2-8-18-12-19(16,17)13(11(14)15)9-10-6-4-3-5-7-10/h2-7,12H,1,8-9H2,(H,14,15). The minimum atomic E-state index is -4.28. The summed E-state index contributed by atoms with van der Waals surface area (Å²) in [6.45, 7) is 2.96. The van der Waals surface area contributed by atoms with Crippen molar-refractivity contribution in [2.24, 2.45) is 0 Å². The van der Waals surface area contributed by atoms with Crippen LogP contribution in [-0.2, 0) is 21.6 Å². The van der Waals surface area contributed by atoms with Crippen molar-refractivity contribution in [2.45, 2.75) is 6.54 Å². The van der Waals surface area contributed by atoms with E-state index in [1.807, 2.05) is 0 Å². The van der Waals surface area contributed by atoms with E-state index in [9.17, 15) is 13.2 Å². The molecule has 1 aromatic carbocycles. The molecule has 0 heterocycles. The third kappa shape index (κ3) is 4.70. The maximum Gasteiger partial charge on any atom is 0.422 e. The zero-order chi connectivity index (χ0) is 14.3. The quantitative estimate of drug-likeness (QED) is 0.445. The number of nitrogens with one attached hydrogen (secondary N) is 1. The summed E-state index contributed by atoms with van der Waals surface area (Å²) in [4.78, 5) is 17.3. The first-order chi connectivity index (χ1) is 8.97. The molecule has 1 aromatic rings. The van der Waals surface area contributed by atoms with Crippen molar-refractivity contribution >= 4 is 16.3 Å². The predicted molar refractivity (Wildman–Crippen MR) is 68.2 cm³/mol. The molecule has 0 aliphatic carbocycles. The third-order valence-corrected chi connectivity index (χ3v) is 3.23. The summed E-state index contributed by atoms with van der Waals surface area (Å²) in [5.41, 5.74) is 0.541. The van der Waals surface area contributed by atoms with Gasteiger partial charge in [0.05, 0.1) is 13.2 Å². The first-order valence-corrected chi connectivity index (χ1v) is 6.70. The highest BCUT2D eigenvalue weighted by atomic mass is 32.2. The molecule has 104 valence electrons. The topological polar surface area (TPSA) is 95.9 Å². The van der Waals surface area contributed by atoms with Gasteiger partial charge in [0.1, 0.15) is 0 Å². The summed E-state index contributed by atoms with van der Waals surface area (Å²) in [5, 5.41) is 8.96. The van der Waals surface area contributed by atoms with Gasteiger partial charge in [-0.2, -0.15) is 12.7 Å². The maximum absolute atomic E-state index is 11.7. The second-order valence-electron chi connectivity index (χ2n) is 3.46. The van der Waals surface area contributed by atoms with Gasteiger partial charge in [0, 0.05) is 0 Å². The van der Waals surface area contributed by atoms with Crippen LogP contribution in [0.25, 0.3) is 0 Å². The predicted octanol–water partition coefficient (Wildman–Crippen LogP) is 1.12. The molecule has 1 amide bonds. The number of rotatable bonds is 7. The molecule has 0 unspecified atom stereocenters. The summed E-state index contributed by atoms with van der Waals surface area (Å²) in [7, 11) is -4.28. The Hall–Kier alpha value is -1.90. The lowest BCUT2D eigenvalue weighted by atomic mass is 10.2. The molecule has 0 bridgehead atoms. The van der Waals surface area contributed by atoms with Crippen LogP contribution in [0.5, 0.6) is 0 Å². The monoisotopic (exact) mass is 286 g/mol. The van der Waals surface area contributed by atoms with Gasteiger partial charge in [-0.15, -0.1) is 6.58 Å². The fourth-order valence-corrected chi connectivity index (χ4v) is 2.05. The minimum Gasteiger partial charge on any atom is -0.464 e. The van der Waals surface area contributed by atoms with E-state index in [0.717, 1.165) is 0 Å². The Morgan fingerprint density at radius 1 is 1.42 bits per heavy atom. The van der Waals surface area contributed by atoms with Crippen LogP contribution < -0.4 is 4.89 Å². The second-order valence-corrected chi connectivity index (χ2v) is 5.02. The molecular weight excluding hydrogens is 272 g/mol. The van der Waals surface area contributed by atoms with Gasteiger partial charge in [-0.1, -0.05) is 41.3 Å². The van der Waals surface area contributed by atoms with Crippen LogP contribution >= 0.6 is 0 Å². The van der Waals surface area contributed by atoms with Crippen LogP contribution in [0.15, 0.2) is 43.0 Å². The number of nitrogens with zero attached hydrogens (tertiary/aromatic N) is 1. The molecule has 0 radical (unpaired) electrons. The van der Waals surface area contributed by atoms with Gasteiger partial charge in [-0.25, -0.2) is 4.79 Å². The number of carbonyl (C=O) groups is 1. The number of benzene rings is 1. The lowest BCUT2D eigenvalue weighted by Crippen LogP contribution is -2.43. The molecule has 2 N–H and O–H groups in total. The van der Waals surface area contributed by atoms with Crippen molar-refractivity contribution in [3.63, 3.8) is 0 Å². The van der Waals surface area contributed by atoms with E-state index in [4.69, 9.17) is 5.11 Å². The van der Waals surface area contributed by atoms with Gasteiger partial charge in [-0.3, -0.25) is 4.84 Å². The zero-order valence-corrected chi connectivity index (χ0v) is 10.8. The highest BCUT2D eigenvalue weighted by molar-refractivity contribution is 7.87. The Morgan fingerprint density at radius 3 is 2.58 bits per heavy atom. The third-order valence-electron chi connectivity index (χ3n) is 2.04. The molecule has 0 saturated carbocycles. The number of hydrogen-bond acceptors (Lipinski definition) is 4. The maximum atomic E-state index is 11.7. The first-order valence-electron chi connectivity index (χ1n) is 5.26. The first kappa shape index (κ1) is 15.2. The molecule has 0 fully saturated rings. The Kier molecular flexibility index (Phi) is 5.49. The fourth-order valence-electron chi connectivity index (χ4n) is 1.22. The molecule has 0 aliphatic rings. The Morgan fingerprint density at radius 2 is 2.05 bits per heavy atom. The smallest absolute Gasteiger partial charge is 0.422 e. The molecule has 0 aromatic heterocycles. The van der Waals surface area contributed by atoms with Gasteiger partial charge in [0.25, 0.3) is 0 Å². The van der Waals surface area contributed by atoms with Crippen LogP contribution in [-0.4, -0.2) is 30.5 Å². The van der Waals surface area contributed by atoms with Crippen molar-refractivity contribution in [3.8, 4) is 0 Å². The molecule has 0 atom stereocenters. The SMILES string of the molecule is C=CCONS(=O)(=O)N(Cc1ccccc1)C(=O)O. The van der Waals surface area contributed by atoms with Gasteiger partial charge in [0.2, 0.25) is 0 Å². The van der Waals surface area contributed by atoms with E-state index in [1.165, 1.54) is 6.08 Å². The number of hydrogen-bond donors (Lipinski definition) is 2. The van der Waals surface area contributed by atoms with E-state index in [1.54, 1.807) is 35.2 Å². The van der Waals surface area contributed by atoms with Crippen LogP contribution in [0, 0.1) is 0 Å². The zero-order valence-electron chi connectivity index (χ0n) is 10.0. The Labute approximate surface area is 111 Å². The summed E-state index contributed by atoms with van der Waals surface area (Å²) >= 11 is 0. The fraction of sp³-hybridized carbons (Fsp3) is 0.182. The summed E-state index contributed by atoms with van der Waals surface area (Å²) < 4.78 is 23.7. The van der Waals surface area contributed by atoms with Crippen LogP contribution in [0.3, 0.4) is 0 Å². The molecule has 1 rings (SSSR count). The Balaban J connectivity index is 2.82. The average Bonchev–Trinajstić information content (AvgIpc) is 2.37. The number of carboxylic acid groups (broad SMARTS) is 1. The molecule has 8 heteroatoms. The van der Waals surface area contributed by atoms with Crippen LogP contribution in [0.1, 0.15) is 5.56 Å². The Bertz CT molecular complexity index is 529. The van der Waals surface area contributed by atoms with Gasteiger partial charge in [-0.05, 0) is 5.56 Å². The lowest BCUT2D eigenvalue weighted by molar-refractivity contribution is 0.110. The minimum absolute atomic E-state index is 0.0714. The van der Waals surface area contributed by atoms with Crippen molar-refractivity contribution in [2.75, 3.05) is 6.61 Å².